The third-order valence-electron chi connectivity index (χ3n) is 2.39. The monoisotopic (exact) mass is 319 g/mol. The van der Waals surface area contributed by atoms with Crippen LogP contribution < -0.4 is 4.72 Å². The van der Waals surface area contributed by atoms with Crippen LogP contribution in [0.15, 0.2) is 23.1 Å². The van der Waals surface area contributed by atoms with Gasteiger partial charge in [-0.2, -0.15) is 0 Å². The molecule has 7 nitrogen and oxygen atoms in total. The summed E-state index contributed by atoms with van der Waals surface area (Å²) in [6.07, 6.45) is -0.215. The average molecular weight is 319 g/mol. The zero-order chi connectivity index (χ0) is 16.0. The number of rotatable bonds is 7. The maximum Gasteiger partial charge on any atom is 0.335 e. The van der Waals surface area contributed by atoms with E-state index in [1.165, 1.54) is 0 Å². The van der Waals surface area contributed by atoms with E-state index in [9.17, 15) is 22.4 Å². The minimum atomic E-state index is -4.25. The minimum absolute atomic E-state index is 0.168. The lowest BCUT2D eigenvalue weighted by molar-refractivity contribution is -0.142. The molecule has 0 fully saturated rings. The molecule has 0 saturated heterocycles. The van der Waals surface area contributed by atoms with Crippen LogP contribution in [0, 0.1) is 5.82 Å². The van der Waals surface area contributed by atoms with Crippen LogP contribution in [0.4, 0.5) is 4.39 Å². The predicted octanol–water partition coefficient (Wildman–Crippen LogP) is 0.755. The fourth-order valence-electron chi connectivity index (χ4n) is 1.44. The highest BCUT2D eigenvalue weighted by molar-refractivity contribution is 7.89. The first-order chi connectivity index (χ1) is 9.77. The largest absolute Gasteiger partial charge is 0.478 e. The predicted molar refractivity (Wildman–Crippen MR) is 69.8 cm³/mol. The van der Waals surface area contributed by atoms with Crippen molar-refractivity contribution in [3.63, 3.8) is 0 Å². The van der Waals surface area contributed by atoms with Gasteiger partial charge in [-0.05, 0) is 25.1 Å². The topological polar surface area (TPSA) is 110 Å². The number of carbonyl (C=O) groups is 2. The van der Waals surface area contributed by atoms with Crippen molar-refractivity contribution in [2.75, 3.05) is 13.2 Å². The van der Waals surface area contributed by atoms with Gasteiger partial charge in [0.2, 0.25) is 10.0 Å². The number of aromatic carboxylic acids is 1. The summed E-state index contributed by atoms with van der Waals surface area (Å²) >= 11 is 0. The zero-order valence-corrected chi connectivity index (χ0v) is 11.9. The van der Waals surface area contributed by atoms with Crippen molar-refractivity contribution < 1.29 is 32.2 Å². The number of esters is 1. The number of hydrogen-bond donors (Lipinski definition) is 2. The molecule has 0 saturated carbocycles. The van der Waals surface area contributed by atoms with Crippen molar-refractivity contribution >= 4 is 22.0 Å². The third kappa shape index (κ3) is 4.80. The molecule has 116 valence electrons. The van der Waals surface area contributed by atoms with Gasteiger partial charge in [-0.1, -0.05) is 0 Å². The Labute approximate surface area is 120 Å². The SMILES string of the molecule is CCOC(=O)CCNS(=O)(=O)c1cc(C(=O)O)ccc1F. The van der Waals surface area contributed by atoms with E-state index in [0.29, 0.717) is 6.07 Å². The quantitative estimate of drug-likeness (QED) is 0.718. The number of halogens is 1. The van der Waals surface area contributed by atoms with Crippen molar-refractivity contribution in [3.05, 3.63) is 29.6 Å². The molecule has 1 aromatic rings. The normalized spacial score (nSPS) is 11.1. The highest BCUT2D eigenvalue weighted by atomic mass is 32.2. The number of benzene rings is 1. The number of carboxylic acid groups (broad SMARTS) is 1. The summed E-state index contributed by atoms with van der Waals surface area (Å²) in [4.78, 5) is 21.0. The fraction of sp³-hybridized carbons (Fsp3) is 0.333. The number of hydrogen-bond acceptors (Lipinski definition) is 5. The molecule has 0 amide bonds. The van der Waals surface area contributed by atoms with Crippen LogP contribution in [0.2, 0.25) is 0 Å². The Kier molecular flexibility index (Phi) is 5.79. The Morgan fingerprint density at radius 1 is 1.38 bits per heavy atom. The molecule has 2 N–H and O–H groups in total. The zero-order valence-electron chi connectivity index (χ0n) is 11.1. The molecule has 0 bridgehead atoms. The van der Waals surface area contributed by atoms with Crippen molar-refractivity contribution in [1.29, 1.82) is 0 Å². The van der Waals surface area contributed by atoms with Crippen LogP contribution >= 0.6 is 0 Å². The first kappa shape index (κ1) is 17.1. The molecule has 0 unspecified atom stereocenters. The van der Waals surface area contributed by atoms with E-state index in [-0.39, 0.29) is 25.1 Å². The number of ether oxygens (including phenoxy) is 1. The van der Waals surface area contributed by atoms with E-state index in [0.717, 1.165) is 12.1 Å². The van der Waals surface area contributed by atoms with Gasteiger partial charge in [0.25, 0.3) is 0 Å². The van der Waals surface area contributed by atoms with Crippen LogP contribution in [0.1, 0.15) is 23.7 Å². The molecular weight excluding hydrogens is 305 g/mol. The molecule has 1 rings (SSSR count). The maximum absolute atomic E-state index is 13.5. The average Bonchev–Trinajstić information content (AvgIpc) is 2.38. The molecule has 1 aromatic carbocycles. The summed E-state index contributed by atoms with van der Waals surface area (Å²) in [5, 5.41) is 8.77. The van der Waals surface area contributed by atoms with Gasteiger partial charge < -0.3 is 9.84 Å². The number of carboxylic acids is 1. The van der Waals surface area contributed by atoms with E-state index >= 15 is 0 Å². The molecule has 9 heteroatoms. The summed E-state index contributed by atoms with van der Waals surface area (Å²) in [5.41, 5.74) is -0.359. The highest BCUT2D eigenvalue weighted by Crippen LogP contribution is 2.16. The molecule has 0 aromatic heterocycles. The van der Waals surface area contributed by atoms with Crippen molar-refractivity contribution in [2.24, 2.45) is 0 Å². The van der Waals surface area contributed by atoms with Crippen LogP contribution in [0.25, 0.3) is 0 Å². The standard InChI is InChI=1S/C12H14FNO6S/c1-2-20-11(15)5-6-14-21(18,19)10-7-8(12(16)17)3-4-9(10)13/h3-4,7,14H,2,5-6H2,1H3,(H,16,17). The van der Waals surface area contributed by atoms with Crippen molar-refractivity contribution in [3.8, 4) is 0 Å². The van der Waals surface area contributed by atoms with E-state index in [1.807, 2.05) is 4.72 Å². The number of sulfonamides is 1. The summed E-state index contributed by atoms with van der Waals surface area (Å²) < 4.78 is 43.9. The second kappa shape index (κ2) is 7.14. The molecule has 21 heavy (non-hydrogen) atoms. The summed E-state index contributed by atoms with van der Waals surface area (Å²) in [6.45, 7) is 1.49. The third-order valence-corrected chi connectivity index (χ3v) is 3.87. The number of nitrogens with one attached hydrogen (secondary N) is 1. The summed E-state index contributed by atoms with van der Waals surface area (Å²) in [5.74, 6) is -3.05. The van der Waals surface area contributed by atoms with E-state index in [2.05, 4.69) is 4.74 Å². The van der Waals surface area contributed by atoms with Crippen molar-refractivity contribution in [2.45, 2.75) is 18.2 Å². The van der Waals surface area contributed by atoms with Crippen LogP contribution in [-0.2, 0) is 19.6 Å². The Bertz CT molecular complexity index is 643. The lowest BCUT2D eigenvalue weighted by Crippen LogP contribution is -2.27. The minimum Gasteiger partial charge on any atom is -0.478 e. The molecule has 0 atom stereocenters. The molecule has 0 heterocycles. The Hall–Kier alpha value is -2.00. The Balaban J connectivity index is 2.85. The Morgan fingerprint density at radius 2 is 2.05 bits per heavy atom. The molecule has 0 radical (unpaired) electrons. The first-order valence-electron chi connectivity index (χ1n) is 5.96. The van der Waals surface area contributed by atoms with Crippen LogP contribution in [0.3, 0.4) is 0 Å². The first-order valence-corrected chi connectivity index (χ1v) is 7.44. The molecule has 0 aliphatic heterocycles. The van der Waals surface area contributed by atoms with Crippen molar-refractivity contribution in [1.82, 2.24) is 4.72 Å². The second-order valence-electron chi connectivity index (χ2n) is 3.90. The van der Waals surface area contributed by atoms with E-state index in [1.54, 1.807) is 6.92 Å². The molecular formula is C12H14FNO6S. The molecule has 0 aliphatic carbocycles. The van der Waals surface area contributed by atoms with Gasteiger partial charge in [0.1, 0.15) is 10.7 Å². The highest BCUT2D eigenvalue weighted by Gasteiger charge is 2.21. The van der Waals surface area contributed by atoms with E-state index in [4.69, 9.17) is 5.11 Å². The van der Waals surface area contributed by atoms with Gasteiger partial charge in [0.15, 0.2) is 0 Å². The molecule has 0 aliphatic rings. The number of carbonyl (C=O) groups excluding carboxylic acids is 1. The summed E-state index contributed by atoms with van der Waals surface area (Å²) in [7, 11) is -4.25. The summed E-state index contributed by atoms with van der Waals surface area (Å²) in [6, 6.07) is 2.42. The second-order valence-corrected chi connectivity index (χ2v) is 5.64. The van der Waals surface area contributed by atoms with Gasteiger partial charge in [-0.15, -0.1) is 0 Å². The van der Waals surface area contributed by atoms with Crippen LogP contribution in [-0.4, -0.2) is 38.6 Å². The van der Waals surface area contributed by atoms with Gasteiger partial charge in [-0.25, -0.2) is 22.3 Å². The smallest absolute Gasteiger partial charge is 0.335 e. The lowest BCUT2D eigenvalue weighted by atomic mass is 10.2. The molecule has 0 spiro atoms. The van der Waals surface area contributed by atoms with Gasteiger partial charge in [0.05, 0.1) is 18.6 Å². The lowest BCUT2D eigenvalue weighted by Gasteiger charge is -2.08. The van der Waals surface area contributed by atoms with Crippen LogP contribution in [0.5, 0.6) is 0 Å². The van der Waals surface area contributed by atoms with E-state index < -0.39 is 32.7 Å². The van der Waals surface area contributed by atoms with Gasteiger partial charge in [-0.3, -0.25) is 4.79 Å². The Morgan fingerprint density at radius 3 is 2.62 bits per heavy atom. The fourth-order valence-corrected chi connectivity index (χ4v) is 2.57. The van der Waals surface area contributed by atoms with Gasteiger partial charge >= 0.3 is 11.9 Å². The van der Waals surface area contributed by atoms with Gasteiger partial charge in [0, 0.05) is 6.54 Å². The maximum atomic E-state index is 13.5.